The highest BCUT2D eigenvalue weighted by molar-refractivity contribution is 5.39. The van der Waals surface area contributed by atoms with Gasteiger partial charge in [-0.05, 0) is 30.7 Å². The molecule has 0 saturated carbocycles. The predicted octanol–water partition coefficient (Wildman–Crippen LogP) is 3.85. The molecule has 0 fully saturated rings. The molecule has 0 aliphatic carbocycles. The van der Waals surface area contributed by atoms with E-state index in [1.807, 2.05) is 13.8 Å². The van der Waals surface area contributed by atoms with Crippen LogP contribution in [0.4, 0.5) is 13.2 Å². The van der Waals surface area contributed by atoms with Gasteiger partial charge in [0.1, 0.15) is 5.75 Å². The van der Waals surface area contributed by atoms with Crippen LogP contribution in [-0.4, -0.2) is 13.7 Å². The molecule has 1 aromatic carbocycles. The summed E-state index contributed by atoms with van der Waals surface area (Å²) in [6.07, 6.45) is -3.52. The summed E-state index contributed by atoms with van der Waals surface area (Å²) in [5.41, 5.74) is -0.116. The first kappa shape index (κ1) is 15.8. The van der Waals surface area contributed by atoms with Crippen LogP contribution >= 0.6 is 0 Å². The summed E-state index contributed by atoms with van der Waals surface area (Å²) in [6, 6.07) is 4.19. The molecule has 108 valence electrons. The van der Waals surface area contributed by atoms with Crippen LogP contribution in [0.5, 0.6) is 5.75 Å². The average Bonchev–Trinajstić information content (AvgIpc) is 2.36. The molecule has 0 bridgehead atoms. The van der Waals surface area contributed by atoms with Crippen molar-refractivity contribution in [1.29, 1.82) is 0 Å². The van der Waals surface area contributed by atoms with Gasteiger partial charge in [0.15, 0.2) is 0 Å². The second-order valence-corrected chi connectivity index (χ2v) is 4.68. The number of ether oxygens (including phenoxy) is 1. The molecule has 1 aromatic rings. The van der Waals surface area contributed by atoms with E-state index in [0.29, 0.717) is 18.7 Å². The third-order valence-electron chi connectivity index (χ3n) is 2.95. The van der Waals surface area contributed by atoms with E-state index in [0.717, 1.165) is 12.5 Å². The summed E-state index contributed by atoms with van der Waals surface area (Å²) in [5, 5.41) is 2.83. The van der Waals surface area contributed by atoms with Gasteiger partial charge in [-0.1, -0.05) is 26.3 Å². The van der Waals surface area contributed by atoms with Crippen molar-refractivity contribution >= 4 is 0 Å². The normalized spacial score (nSPS) is 13.4. The maximum absolute atomic E-state index is 13.0. The van der Waals surface area contributed by atoms with Crippen LogP contribution in [0.1, 0.15) is 31.4 Å². The first-order valence-electron chi connectivity index (χ1n) is 6.36. The summed E-state index contributed by atoms with van der Waals surface area (Å²) < 4.78 is 44.2. The predicted molar refractivity (Wildman–Crippen MR) is 69.2 cm³/mol. The van der Waals surface area contributed by atoms with E-state index in [1.54, 1.807) is 13.1 Å². The average molecular weight is 275 g/mol. The number of halogens is 3. The molecule has 1 unspecified atom stereocenters. The van der Waals surface area contributed by atoms with Gasteiger partial charge >= 0.3 is 6.18 Å². The number of benzene rings is 1. The van der Waals surface area contributed by atoms with Gasteiger partial charge in [-0.3, -0.25) is 0 Å². The first-order chi connectivity index (χ1) is 8.88. The van der Waals surface area contributed by atoms with Gasteiger partial charge in [0.25, 0.3) is 0 Å². The fraction of sp³-hybridized carbons (Fsp3) is 0.571. The van der Waals surface area contributed by atoms with Crippen molar-refractivity contribution in [3.8, 4) is 5.75 Å². The lowest BCUT2D eigenvalue weighted by atomic mass is 10.1. The summed E-state index contributed by atoms with van der Waals surface area (Å²) >= 11 is 0. The van der Waals surface area contributed by atoms with Crippen LogP contribution in [0, 0.1) is 5.92 Å². The fourth-order valence-electron chi connectivity index (χ4n) is 1.59. The van der Waals surface area contributed by atoms with E-state index < -0.39 is 11.7 Å². The molecule has 0 amide bonds. The molecular formula is C14H20F3NO. The SMILES string of the molecule is CCC(C)COc1ccc(CNC)cc1C(F)(F)F. The third-order valence-corrected chi connectivity index (χ3v) is 2.95. The zero-order chi connectivity index (χ0) is 14.5. The molecular weight excluding hydrogens is 255 g/mol. The molecule has 0 aliphatic heterocycles. The molecule has 1 atom stereocenters. The Kier molecular flexibility index (Phi) is 5.66. The zero-order valence-electron chi connectivity index (χ0n) is 11.5. The Hall–Kier alpha value is -1.23. The van der Waals surface area contributed by atoms with Gasteiger partial charge in [-0.2, -0.15) is 13.2 Å². The van der Waals surface area contributed by atoms with Crippen molar-refractivity contribution in [3.63, 3.8) is 0 Å². The molecule has 0 saturated heterocycles. The van der Waals surface area contributed by atoms with Crippen LogP contribution in [0.15, 0.2) is 18.2 Å². The summed E-state index contributed by atoms with van der Waals surface area (Å²) in [5.74, 6) is 0.144. The largest absolute Gasteiger partial charge is 0.493 e. The van der Waals surface area contributed by atoms with E-state index in [-0.39, 0.29) is 11.7 Å². The molecule has 19 heavy (non-hydrogen) atoms. The summed E-state index contributed by atoms with van der Waals surface area (Å²) in [6.45, 7) is 4.62. The minimum Gasteiger partial charge on any atom is -0.493 e. The van der Waals surface area contributed by atoms with Crippen LogP contribution in [0.2, 0.25) is 0 Å². The lowest BCUT2D eigenvalue weighted by Crippen LogP contribution is -2.14. The Morgan fingerprint density at radius 1 is 1.32 bits per heavy atom. The lowest BCUT2D eigenvalue weighted by molar-refractivity contribution is -0.139. The van der Waals surface area contributed by atoms with Crippen molar-refractivity contribution in [1.82, 2.24) is 5.32 Å². The molecule has 0 aliphatic rings. The highest BCUT2D eigenvalue weighted by Gasteiger charge is 2.34. The van der Waals surface area contributed by atoms with E-state index in [4.69, 9.17) is 4.74 Å². The molecule has 0 spiro atoms. The highest BCUT2D eigenvalue weighted by atomic mass is 19.4. The van der Waals surface area contributed by atoms with Crippen LogP contribution in [0.25, 0.3) is 0 Å². The first-order valence-corrected chi connectivity index (χ1v) is 6.36. The Morgan fingerprint density at radius 2 is 2.00 bits per heavy atom. The number of hydrogen-bond donors (Lipinski definition) is 1. The maximum Gasteiger partial charge on any atom is 0.419 e. The van der Waals surface area contributed by atoms with Gasteiger partial charge < -0.3 is 10.1 Å². The number of hydrogen-bond acceptors (Lipinski definition) is 2. The van der Waals surface area contributed by atoms with E-state index in [2.05, 4.69) is 5.32 Å². The van der Waals surface area contributed by atoms with Gasteiger partial charge in [-0.25, -0.2) is 0 Å². The standard InChI is InChI=1S/C14H20F3NO/c1-4-10(2)9-19-13-6-5-11(8-18-3)7-12(13)14(15,16)17/h5-7,10,18H,4,8-9H2,1-3H3. The van der Waals surface area contributed by atoms with Crippen molar-refractivity contribution < 1.29 is 17.9 Å². The monoisotopic (exact) mass is 275 g/mol. The highest BCUT2D eigenvalue weighted by Crippen LogP contribution is 2.37. The Labute approximate surface area is 112 Å². The number of nitrogens with one attached hydrogen (secondary N) is 1. The maximum atomic E-state index is 13.0. The zero-order valence-corrected chi connectivity index (χ0v) is 11.5. The van der Waals surface area contributed by atoms with Crippen molar-refractivity contribution in [3.05, 3.63) is 29.3 Å². The fourth-order valence-corrected chi connectivity index (χ4v) is 1.59. The van der Waals surface area contributed by atoms with Crippen molar-refractivity contribution in [2.45, 2.75) is 33.0 Å². The van der Waals surface area contributed by atoms with E-state index in [9.17, 15) is 13.2 Å². The molecule has 0 aromatic heterocycles. The quantitative estimate of drug-likeness (QED) is 0.851. The Bertz CT molecular complexity index is 404. The Morgan fingerprint density at radius 3 is 2.53 bits per heavy atom. The van der Waals surface area contributed by atoms with Gasteiger partial charge in [0, 0.05) is 6.54 Å². The second kappa shape index (κ2) is 6.80. The number of rotatable bonds is 6. The van der Waals surface area contributed by atoms with Gasteiger partial charge in [-0.15, -0.1) is 0 Å². The van der Waals surface area contributed by atoms with Crippen LogP contribution < -0.4 is 10.1 Å². The van der Waals surface area contributed by atoms with Crippen LogP contribution in [-0.2, 0) is 12.7 Å². The van der Waals surface area contributed by atoms with Gasteiger partial charge in [0.05, 0.1) is 12.2 Å². The number of alkyl halides is 3. The molecule has 0 radical (unpaired) electrons. The molecule has 5 heteroatoms. The second-order valence-electron chi connectivity index (χ2n) is 4.68. The minimum absolute atomic E-state index is 0.0901. The third kappa shape index (κ3) is 4.74. The Balaban J connectivity index is 2.96. The summed E-state index contributed by atoms with van der Waals surface area (Å²) in [7, 11) is 1.70. The lowest BCUT2D eigenvalue weighted by Gasteiger charge is -2.17. The van der Waals surface area contributed by atoms with Gasteiger partial charge in [0.2, 0.25) is 0 Å². The van der Waals surface area contributed by atoms with Crippen LogP contribution in [0.3, 0.4) is 0 Å². The van der Waals surface area contributed by atoms with Crippen molar-refractivity contribution in [2.75, 3.05) is 13.7 Å². The molecule has 1 N–H and O–H groups in total. The molecule has 0 heterocycles. The summed E-state index contributed by atoms with van der Waals surface area (Å²) in [4.78, 5) is 0. The minimum atomic E-state index is -4.39. The van der Waals surface area contributed by atoms with E-state index in [1.165, 1.54) is 6.07 Å². The molecule has 1 rings (SSSR count). The van der Waals surface area contributed by atoms with E-state index >= 15 is 0 Å². The smallest absolute Gasteiger partial charge is 0.419 e. The topological polar surface area (TPSA) is 21.3 Å². The molecule has 2 nitrogen and oxygen atoms in total. The van der Waals surface area contributed by atoms with Crippen molar-refractivity contribution in [2.24, 2.45) is 5.92 Å².